The number of hydrogen-bond acceptors (Lipinski definition) is 5. The number of aromatic nitrogens is 1. The van der Waals surface area contributed by atoms with Gasteiger partial charge >= 0.3 is 0 Å². The first-order valence-electron chi connectivity index (χ1n) is 9.49. The van der Waals surface area contributed by atoms with E-state index < -0.39 is 5.91 Å². The predicted molar refractivity (Wildman–Crippen MR) is 102 cm³/mol. The SMILES string of the molecule is NC(=O)c1cc2ccccc2nc1N1CCC(NC2CCOCC2)CC1. The van der Waals surface area contributed by atoms with E-state index >= 15 is 0 Å². The number of benzene rings is 1. The Morgan fingerprint density at radius 1 is 1.12 bits per heavy atom. The van der Waals surface area contributed by atoms with Crippen LogP contribution in [0.1, 0.15) is 36.0 Å². The second kappa shape index (κ2) is 7.60. The first-order chi connectivity index (χ1) is 12.7. The minimum absolute atomic E-state index is 0.416. The van der Waals surface area contributed by atoms with Gasteiger partial charge in [0, 0.05) is 43.8 Å². The van der Waals surface area contributed by atoms with Gasteiger partial charge < -0.3 is 20.7 Å². The zero-order valence-electron chi connectivity index (χ0n) is 15.0. The molecule has 6 nitrogen and oxygen atoms in total. The van der Waals surface area contributed by atoms with Crippen molar-refractivity contribution < 1.29 is 9.53 Å². The third-order valence-corrected chi connectivity index (χ3v) is 5.46. The summed E-state index contributed by atoms with van der Waals surface area (Å²) >= 11 is 0. The molecule has 1 aromatic carbocycles. The third kappa shape index (κ3) is 3.66. The number of para-hydroxylation sites is 1. The Morgan fingerprint density at radius 2 is 1.81 bits per heavy atom. The number of carbonyl (C=O) groups is 1. The minimum atomic E-state index is -0.416. The molecule has 138 valence electrons. The lowest BCUT2D eigenvalue weighted by atomic mass is 10.0. The Labute approximate surface area is 153 Å². The van der Waals surface area contributed by atoms with Gasteiger partial charge in [0.25, 0.3) is 5.91 Å². The minimum Gasteiger partial charge on any atom is -0.381 e. The van der Waals surface area contributed by atoms with Crippen LogP contribution in [0.25, 0.3) is 10.9 Å². The van der Waals surface area contributed by atoms with Crippen molar-refractivity contribution in [3.05, 3.63) is 35.9 Å². The summed E-state index contributed by atoms with van der Waals surface area (Å²) in [6.45, 7) is 3.48. The van der Waals surface area contributed by atoms with Crippen molar-refractivity contribution in [1.82, 2.24) is 10.3 Å². The van der Waals surface area contributed by atoms with Crippen molar-refractivity contribution in [3.63, 3.8) is 0 Å². The van der Waals surface area contributed by atoms with Gasteiger partial charge in [0.15, 0.2) is 0 Å². The van der Waals surface area contributed by atoms with E-state index in [1.54, 1.807) is 0 Å². The molecular formula is C20H26N4O2. The number of rotatable bonds is 4. The van der Waals surface area contributed by atoms with Gasteiger partial charge in [-0.2, -0.15) is 0 Å². The Bertz CT molecular complexity index is 780. The zero-order valence-corrected chi connectivity index (χ0v) is 15.0. The maximum atomic E-state index is 12.0. The number of nitrogens with two attached hydrogens (primary N) is 1. The van der Waals surface area contributed by atoms with Gasteiger partial charge in [0.2, 0.25) is 0 Å². The Morgan fingerprint density at radius 3 is 2.54 bits per heavy atom. The van der Waals surface area contributed by atoms with Gasteiger partial charge in [-0.1, -0.05) is 18.2 Å². The van der Waals surface area contributed by atoms with Crippen LogP contribution in [0.2, 0.25) is 0 Å². The topological polar surface area (TPSA) is 80.5 Å². The van der Waals surface area contributed by atoms with Gasteiger partial charge in [-0.25, -0.2) is 4.98 Å². The first kappa shape index (κ1) is 17.2. The predicted octanol–water partition coefficient (Wildman–Crippen LogP) is 2.07. The Kier molecular flexibility index (Phi) is 5.04. The van der Waals surface area contributed by atoms with Crippen molar-refractivity contribution in [1.29, 1.82) is 0 Å². The highest BCUT2D eigenvalue weighted by Crippen LogP contribution is 2.26. The fraction of sp³-hybridized carbons (Fsp3) is 0.500. The second-order valence-electron chi connectivity index (χ2n) is 7.23. The van der Waals surface area contributed by atoms with E-state index in [9.17, 15) is 4.79 Å². The van der Waals surface area contributed by atoms with Crippen LogP contribution in [0, 0.1) is 0 Å². The number of primary amides is 1. The van der Waals surface area contributed by atoms with Crippen LogP contribution in [0.5, 0.6) is 0 Å². The van der Waals surface area contributed by atoms with E-state index in [0.29, 0.717) is 17.6 Å². The maximum Gasteiger partial charge on any atom is 0.252 e. The molecule has 0 atom stereocenters. The normalized spacial score (nSPS) is 19.8. The van der Waals surface area contributed by atoms with Crippen molar-refractivity contribution in [2.24, 2.45) is 5.73 Å². The average Bonchev–Trinajstić information content (AvgIpc) is 2.68. The number of piperidine rings is 1. The van der Waals surface area contributed by atoms with Crippen molar-refractivity contribution in [2.45, 2.75) is 37.8 Å². The molecule has 26 heavy (non-hydrogen) atoms. The third-order valence-electron chi connectivity index (χ3n) is 5.46. The molecule has 0 spiro atoms. The molecule has 0 bridgehead atoms. The monoisotopic (exact) mass is 354 g/mol. The summed E-state index contributed by atoms with van der Waals surface area (Å²) in [4.78, 5) is 18.9. The number of anilines is 1. The molecule has 3 N–H and O–H groups in total. The summed E-state index contributed by atoms with van der Waals surface area (Å²) in [6, 6.07) is 10.8. The smallest absolute Gasteiger partial charge is 0.252 e. The number of nitrogens with zero attached hydrogens (tertiary/aromatic N) is 2. The van der Waals surface area contributed by atoms with E-state index in [0.717, 1.165) is 68.7 Å². The average molecular weight is 354 g/mol. The van der Waals surface area contributed by atoms with E-state index in [-0.39, 0.29) is 0 Å². The lowest BCUT2D eigenvalue weighted by Gasteiger charge is -2.36. The molecule has 0 unspecified atom stereocenters. The number of pyridine rings is 1. The summed E-state index contributed by atoms with van der Waals surface area (Å²) in [6.07, 6.45) is 4.28. The zero-order chi connectivity index (χ0) is 17.9. The fourth-order valence-electron chi connectivity index (χ4n) is 3.98. The van der Waals surface area contributed by atoms with E-state index in [2.05, 4.69) is 10.2 Å². The quantitative estimate of drug-likeness (QED) is 0.879. The van der Waals surface area contributed by atoms with Gasteiger partial charge in [0.05, 0.1) is 11.1 Å². The molecule has 6 heteroatoms. The van der Waals surface area contributed by atoms with E-state index in [1.807, 2.05) is 30.3 Å². The second-order valence-corrected chi connectivity index (χ2v) is 7.23. The number of fused-ring (bicyclic) bond motifs is 1. The highest BCUT2D eigenvalue weighted by Gasteiger charge is 2.26. The van der Waals surface area contributed by atoms with E-state index in [4.69, 9.17) is 15.5 Å². The van der Waals surface area contributed by atoms with Gasteiger partial charge in [0.1, 0.15) is 5.82 Å². The van der Waals surface area contributed by atoms with Crippen LogP contribution in [-0.4, -0.2) is 49.3 Å². The summed E-state index contributed by atoms with van der Waals surface area (Å²) in [5, 5.41) is 4.72. The van der Waals surface area contributed by atoms with Gasteiger partial charge in [-0.05, 0) is 37.8 Å². The molecule has 4 rings (SSSR count). The Balaban J connectivity index is 1.48. The molecule has 0 aliphatic carbocycles. The standard InChI is InChI=1S/C20H26N4O2/c21-19(25)17-13-14-3-1-2-4-18(14)23-20(17)24-9-5-15(6-10-24)22-16-7-11-26-12-8-16/h1-4,13,15-16,22H,5-12H2,(H2,21,25). The highest BCUT2D eigenvalue weighted by atomic mass is 16.5. The summed E-state index contributed by atoms with van der Waals surface area (Å²) in [7, 11) is 0. The Hall–Kier alpha value is -2.18. The molecule has 2 saturated heterocycles. The molecule has 0 radical (unpaired) electrons. The largest absolute Gasteiger partial charge is 0.381 e. The first-order valence-corrected chi connectivity index (χ1v) is 9.49. The molecule has 3 heterocycles. The molecule has 2 aliphatic heterocycles. The summed E-state index contributed by atoms with van der Waals surface area (Å²) < 4.78 is 5.43. The molecule has 2 fully saturated rings. The molecule has 0 saturated carbocycles. The number of nitrogens with one attached hydrogen (secondary N) is 1. The van der Waals surface area contributed by atoms with Crippen molar-refractivity contribution >= 4 is 22.6 Å². The molecule has 2 aliphatic rings. The van der Waals surface area contributed by atoms with E-state index in [1.165, 1.54) is 0 Å². The molecule has 2 aromatic rings. The van der Waals surface area contributed by atoms with Crippen LogP contribution in [0.3, 0.4) is 0 Å². The van der Waals surface area contributed by atoms with Gasteiger partial charge in [-0.3, -0.25) is 4.79 Å². The number of amides is 1. The van der Waals surface area contributed by atoms with Crippen LogP contribution in [-0.2, 0) is 4.74 Å². The molecule has 1 aromatic heterocycles. The van der Waals surface area contributed by atoms with Crippen LogP contribution in [0.15, 0.2) is 30.3 Å². The van der Waals surface area contributed by atoms with Crippen LogP contribution < -0.4 is 16.0 Å². The maximum absolute atomic E-state index is 12.0. The van der Waals surface area contributed by atoms with Crippen LogP contribution >= 0.6 is 0 Å². The number of hydrogen-bond donors (Lipinski definition) is 2. The van der Waals surface area contributed by atoms with Crippen LogP contribution in [0.4, 0.5) is 5.82 Å². The molecule has 1 amide bonds. The lowest BCUT2D eigenvalue weighted by Crippen LogP contribution is -2.48. The highest BCUT2D eigenvalue weighted by molar-refractivity contribution is 6.01. The summed E-state index contributed by atoms with van der Waals surface area (Å²) in [5.74, 6) is 0.307. The fourth-order valence-corrected chi connectivity index (χ4v) is 3.98. The lowest BCUT2D eigenvalue weighted by molar-refractivity contribution is 0.0738. The summed E-state index contributed by atoms with van der Waals surface area (Å²) in [5.41, 5.74) is 7.05. The van der Waals surface area contributed by atoms with Crippen molar-refractivity contribution in [2.75, 3.05) is 31.2 Å². The number of ether oxygens (including phenoxy) is 1. The van der Waals surface area contributed by atoms with Crippen molar-refractivity contribution in [3.8, 4) is 0 Å². The molecular weight excluding hydrogens is 328 g/mol. The van der Waals surface area contributed by atoms with Gasteiger partial charge in [-0.15, -0.1) is 0 Å². The number of carbonyl (C=O) groups excluding carboxylic acids is 1.